The van der Waals surface area contributed by atoms with Gasteiger partial charge in [0, 0.05) is 11.3 Å². The van der Waals surface area contributed by atoms with Crippen molar-refractivity contribution >= 4 is 0 Å². The summed E-state index contributed by atoms with van der Waals surface area (Å²) >= 11 is 0. The zero-order valence-electron chi connectivity index (χ0n) is 14.3. The van der Waals surface area contributed by atoms with Gasteiger partial charge in [-0.1, -0.05) is 32.9 Å². The largest absolute Gasteiger partial charge is 0.386 e. The molecule has 2 saturated heterocycles. The van der Waals surface area contributed by atoms with Crippen LogP contribution in [0, 0.1) is 28.6 Å². The molecule has 2 heteroatoms. The lowest BCUT2D eigenvalue weighted by Gasteiger charge is -2.65. The van der Waals surface area contributed by atoms with Crippen LogP contribution in [0.4, 0.5) is 0 Å². The minimum atomic E-state index is -0.842. The van der Waals surface area contributed by atoms with Gasteiger partial charge in [0.05, 0.1) is 17.8 Å². The average Bonchev–Trinajstić information content (AvgIpc) is 2.72. The highest BCUT2D eigenvalue weighted by Gasteiger charge is 2.71. The van der Waals surface area contributed by atoms with E-state index in [0.29, 0.717) is 17.3 Å². The number of hydrogen-bond donors (Lipinski definition) is 1. The lowest BCUT2D eigenvalue weighted by atomic mass is 9.45. The van der Waals surface area contributed by atoms with E-state index in [2.05, 4.69) is 27.0 Å². The van der Waals surface area contributed by atoms with Gasteiger partial charge in [0.15, 0.2) is 0 Å². The molecule has 3 saturated carbocycles. The molecule has 5 aliphatic rings. The maximum Gasteiger partial charge on any atom is 0.0850 e. The highest BCUT2D eigenvalue weighted by atomic mass is 16.5. The molecule has 1 spiro atoms. The summed E-state index contributed by atoms with van der Waals surface area (Å²) in [6, 6.07) is 0. The van der Waals surface area contributed by atoms with Gasteiger partial charge in [-0.2, -0.15) is 0 Å². The quantitative estimate of drug-likeness (QED) is 0.778. The molecule has 0 unspecified atom stereocenters. The van der Waals surface area contributed by atoms with Crippen molar-refractivity contribution in [2.75, 3.05) is 0 Å². The lowest BCUT2D eigenvalue weighted by molar-refractivity contribution is -0.235. The Morgan fingerprint density at radius 3 is 2.73 bits per heavy atom. The van der Waals surface area contributed by atoms with Gasteiger partial charge in [0.2, 0.25) is 0 Å². The van der Waals surface area contributed by atoms with Crippen LogP contribution >= 0.6 is 0 Å². The summed E-state index contributed by atoms with van der Waals surface area (Å²) < 4.78 is 6.54. The van der Waals surface area contributed by atoms with Crippen LogP contribution in [0.5, 0.6) is 0 Å². The molecule has 0 aromatic carbocycles. The van der Waals surface area contributed by atoms with E-state index >= 15 is 0 Å². The molecule has 122 valence electrons. The zero-order chi connectivity index (χ0) is 15.9. The average molecular weight is 302 g/mol. The van der Waals surface area contributed by atoms with Gasteiger partial charge in [-0.15, -0.1) is 6.58 Å². The number of aliphatic hydroxyl groups is 1. The van der Waals surface area contributed by atoms with Gasteiger partial charge >= 0.3 is 0 Å². The van der Waals surface area contributed by atoms with Crippen molar-refractivity contribution in [3.63, 3.8) is 0 Å². The Balaban J connectivity index is 1.83. The van der Waals surface area contributed by atoms with Crippen molar-refractivity contribution in [1.29, 1.82) is 0 Å². The van der Waals surface area contributed by atoms with Crippen LogP contribution in [0.25, 0.3) is 0 Å². The fourth-order valence-electron chi connectivity index (χ4n) is 6.72. The smallest absolute Gasteiger partial charge is 0.0850 e. The van der Waals surface area contributed by atoms with Crippen molar-refractivity contribution in [3.05, 3.63) is 24.8 Å². The van der Waals surface area contributed by atoms with Crippen LogP contribution < -0.4 is 0 Å². The van der Waals surface area contributed by atoms with Crippen LogP contribution in [0.1, 0.15) is 52.9 Å². The van der Waals surface area contributed by atoms with E-state index in [9.17, 15) is 5.11 Å². The topological polar surface area (TPSA) is 29.5 Å². The number of ether oxygens (including phenoxy) is 1. The SMILES string of the molecule is C=C[C@@](C)(O)[C@@H]1C[C@H]2C(=C)[C@@H]3C[C@H]4C(C)(C)CCC[C@]24[C@H]1O3. The number of rotatable bonds is 2. The second-order valence-electron chi connectivity index (χ2n) is 9.19. The molecule has 3 aliphatic carbocycles. The molecule has 0 amide bonds. The minimum absolute atomic E-state index is 0.161. The molecule has 0 aromatic heterocycles. The Morgan fingerprint density at radius 2 is 2.05 bits per heavy atom. The molecule has 2 nitrogen and oxygen atoms in total. The summed E-state index contributed by atoms with van der Waals surface area (Å²) in [5, 5.41) is 10.9. The van der Waals surface area contributed by atoms with Crippen molar-refractivity contribution < 1.29 is 9.84 Å². The summed E-state index contributed by atoms with van der Waals surface area (Å²) in [6.07, 6.45) is 8.11. The van der Waals surface area contributed by atoms with Crippen LogP contribution in [0.15, 0.2) is 24.8 Å². The molecule has 1 N–H and O–H groups in total. The van der Waals surface area contributed by atoms with E-state index in [1.165, 1.54) is 24.8 Å². The first kappa shape index (κ1) is 15.0. The van der Waals surface area contributed by atoms with Crippen LogP contribution in [-0.4, -0.2) is 22.9 Å². The second kappa shape index (κ2) is 4.27. The second-order valence-corrected chi connectivity index (χ2v) is 9.19. The highest BCUT2D eigenvalue weighted by molar-refractivity contribution is 5.31. The maximum absolute atomic E-state index is 10.9. The molecule has 7 atom stereocenters. The van der Waals surface area contributed by atoms with Crippen LogP contribution in [0.3, 0.4) is 0 Å². The predicted molar refractivity (Wildman–Crippen MR) is 88.4 cm³/mol. The molecule has 0 radical (unpaired) electrons. The van der Waals surface area contributed by atoms with E-state index in [-0.39, 0.29) is 23.5 Å². The molecule has 0 aromatic rings. The third-order valence-electron chi connectivity index (χ3n) is 7.84. The first-order valence-electron chi connectivity index (χ1n) is 8.94. The van der Waals surface area contributed by atoms with Crippen LogP contribution in [-0.2, 0) is 4.74 Å². The van der Waals surface area contributed by atoms with Crippen molar-refractivity contribution in [2.24, 2.45) is 28.6 Å². The molecule has 22 heavy (non-hydrogen) atoms. The van der Waals surface area contributed by atoms with Gasteiger partial charge in [-0.25, -0.2) is 0 Å². The third kappa shape index (κ3) is 1.58. The number of hydrogen-bond acceptors (Lipinski definition) is 2. The monoisotopic (exact) mass is 302 g/mol. The van der Waals surface area contributed by atoms with Gasteiger partial charge in [-0.3, -0.25) is 0 Å². The fourth-order valence-corrected chi connectivity index (χ4v) is 6.72. The molecular weight excluding hydrogens is 272 g/mol. The van der Waals surface area contributed by atoms with E-state index in [0.717, 1.165) is 12.8 Å². The maximum atomic E-state index is 10.9. The molecule has 5 rings (SSSR count). The minimum Gasteiger partial charge on any atom is -0.386 e. The zero-order valence-corrected chi connectivity index (χ0v) is 14.3. The lowest BCUT2D eigenvalue weighted by Crippen LogP contribution is -2.63. The van der Waals surface area contributed by atoms with Gasteiger partial charge in [-0.05, 0) is 55.4 Å². The summed E-state index contributed by atoms with van der Waals surface area (Å²) in [6.45, 7) is 15.1. The van der Waals surface area contributed by atoms with Gasteiger partial charge in [0.25, 0.3) is 0 Å². The summed E-state index contributed by atoms with van der Waals surface area (Å²) in [7, 11) is 0. The Morgan fingerprint density at radius 1 is 1.32 bits per heavy atom. The van der Waals surface area contributed by atoms with E-state index in [1.807, 2.05) is 6.92 Å². The van der Waals surface area contributed by atoms with Crippen molar-refractivity contribution in [1.82, 2.24) is 0 Å². The standard InChI is InChI=1S/C20H30O2/c1-6-19(5,21)14-10-13-12(2)15-11-16-18(3,4)8-7-9-20(13,16)17(14)22-15/h6,13-17,21H,1-2,7-11H2,3-5H3/t13-,14+,15-,16-,17-,19+,20-/m0/s1. The summed E-state index contributed by atoms with van der Waals surface area (Å²) in [5.74, 6) is 1.40. The molecular formula is C20H30O2. The summed E-state index contributed by atoms with van der Waals surface area (Å²) in [4.78, 5) is 0. The van der Waals surface area contributed by atoms with E-state index < -0.39 is 5.60 Å². The van der Waals surface area contributed by atoms with E-state index in [1.54, 1.807) is 6.08 Å². The first-order chi connectivity index (χ1) is 10.2. The first-order valence-corrected chi connectivity index (χ1v) is 8.94. The normalized spacial score (nSPS) is 51.3. The van der Waals surface area contributed by atoms with Gasteiger partial charge in [0.1, 0.15) is 0 Å². The van der Waals surface area contributed by atoms with Crippen molar-refractivity contribution in [2.45, 2.75) is 70.7 Å². The third-order valence-corrected chi connectivity index (χ3v) is 7.84. The van der Waals surface area contributed by atoms with Gasteiger partial charge < -0.3 is 9.84 Å². The highest BCUT2D eigenvalue weighted by Crippen LogP contribution is 2.72. The Hall–Kier alpha value is -0.600. The van der Waals surface area contributed by atoms with Crippen molar-refractivity contribution in [3.8, 4) is 0 Å². The fraction of sp³-hybridized carbons (Fsp3) is 0.800. The molecule has 4 bridgehead atoms. The Kier molecular flexibility index (Phi) is 2.90. The molecule has 5 fully saturated rings. The summed E-state index contributed by atoms with van der Waals surface area (Å²) in [5.41, 5.74) is 1.07. The molecule has 2 heterocycles. The van der Waals surface area contributed by atoms with E-state index in [4.69, 9.17) is 4.74 Å². The Labute approximate surface area is 134 Å². The predicted octanol–water partition coefficient (Wildman–Crippen LogP) is 4.10. The van der Waals surface area contributed by atoms with Crippen LogP contribution in [0.2, 0.25) is 0 Å². The Bertz CT molecular complexity index is 532. The molecule has 2 aliphatic heterocycles.